The second-order valence-corrected chi connectivity index (χ2v) is 6.07. The molecule has 1 aromatic carbocycles. The molecule has 1 saturated heterocycles. The second-order valence-electron chi connectivity index (χ2n) is 4.69. The smallest absolute Gasteiger partial charge is 0.251 e. The summed E-state index contributed by atoms with van der Waals surface area (Å²) in [5.41, 5.74) is 2.32. The van der Waals surface area contributed by atoms with Crippen LogP contribution in [0.1, 0.15) is 17.5 Å². The molecule has 0 aromatic heterocycles. The number of nitrogens with one attached hydrogen (secondary N) is 1. The summed E-state index contributed by atoms with van der Waals surface area (Å²) >= 11 is 7.00. The van der Waals surface area contributed by atoms with Gasteiger partial charge in [0.25, 0.3) is 5.91 Å². The van der Waals surface area contributed by atoms with Gasteiger partial charge in [-0.15, -0.1) is 0 Å². The number of carbonyl (C=O) groups is 1. The third-order valence-corrected chi connectivity index (χ3v) is 4.16. The number of amides is 1. The molecule has 1 aliphatic heterocycles. The van der Waals surface area contributed by atoms with Crippen LogP contribution in [0.25, 0.3) is 0 Å². The van der Waals surface area contributed by atoms with Gasteiger partial charge in [-0.1, -0.05) is 29.8 Å². The molecule has 0 bridgehead atoms. The zero-order valence-electron chi connectivity index (χ0n) is 11.2. The van der Waals surface area contributed by atoms with Gasteiger partial charge in [0.05, 0.1) is 6.54 Å². The van der Waals surface area contributed by atoms with E-state index in [4.69, 9.17) is 12.2 Å². The number of nitrogens with zero attached hydrogens (tertiary/aromatic N) is 1. The molecule has 0 saturated carbocycles. The quantitative estimate of drug-likeness (QED) is 0.845. The van der Waals surface area contributed by atoms with Crippen molar-refractivity contribution in [2.45, 2.75) is 25.9 Å². The van der Waals surface area contributed by atoms with Gasteiger partial charge >= 0.3 is 0 Å². The van der Waals surface area contributed by atoms with Crippen molar-refractivity contribution in [2.24, 2.45) is 0 Å². The van der Waals surface area contributed by atoms with Crippen molar-refractivity contribution in [3.63, 3.8) is 0 Å². The maximum absolute atomic E-state index is 12.3. The Hall–Kier alpha value is -1.07. The minimum atomic E-state index is -0.148. The predicted octanol–water partition coefficient (Wildman–Crippen LogP) is 2.33. The molecule has 19 heavy (non-hydrogen) atoms. The zero-order chi connectivity index (χ0) is 13.8. The minimum Gasteiger partial charge on any atom is -0.350 e. The molecule has 5 heteroatoms. The van der Waals surface area contributed by atoms with E-state index in [0.29, 0.717) is 11.7 Å². The van der Waals surface area contributed by atoms with E-state index in [9.17, 15) is 4.79 Å². The van der Waals surface area contributed by atoms with Crippen LogP contribution >= 0.6 is 24.0 Å². The molecule has 3 nitrogen and oxygen atoms in total. The third-order valence-electron chi connectivity index (χ3n) is 3.18. The predicted molar refractivity (Wildman–Crippen MR) is 84.2 cm³/mol. The summed E-state index contributed by atoms with van der Waals surface area (Å²) in [6.45, 7) is 2.61. The third kappa shape index (κ3) is 3.48. The summed E-state index contributed by atoms with van der Waals surface area (Å²) in [5, 5.41) is 3.67. The summed E-state index contributed by atoms with van der Waals surface area (Å²) in [6.07, 6.45) is 2.87. The van der Waals surface area contributed by atoms with Crippen LogP contribution in [-0.2, 0) is 11.3 Å². The highest BCUT2D eigenvalue weighted by Gasteiger charge is 2.34. The molecular formula is C14H18N2OS2. The first-order valence-corrected chi connectivity index (χ1v) is 8.08. The molecule has 2 rings (SSSR count). The van der Waals surface area contributed by atoms with Gasteiger partial charge in [0.2, 0.25) is 0 Å². The number of aryl methyl sites for hydroxylation is 1. The monoisotopic (exact) mass is 294 g/mol. The van der Waals surface area contributed by atoms with Crippen LogP contribution in [0.3, 0.4) is 0 Å². The van der Waals surface area contributed by atoms with Crippen molar-refractivity contribution < 1.29 is 4.79 Å². The fourth-order valence-corrected chi connectivity index (χ4v) is 2.80. The summed E-state index contributed by atoms with van der Waals surface area (Å²) in [6, 6.07) is 8.04. The Morgan fingerprint density at radius 1 is 1.37 bits per heavy atom. The van der Waals surface area contributed by atoms with Crippen LogP contribution in [-0.4, -0.2) is 34.0 Å². The van der Waals surface area contributed by atoms with Crippen LogP contribution in [0.5, 0.6) is 0 Å². The number of rotatable bonds is 5. The van der Waals surface area contributed by atoms with Gasteiger partial charge in [0.1, 0.15) is 6.04 Å². The Bertz CT molecular complexity index is 473. The first-order chi connectivity index (χ1) is 9.11. The van der Waals surface area contributed by atoms with Crippen molar-refractivity contribution in [1.29, 1.82) is 0 Å². The van der Waals surface area contributed by atoms with Gasteiger partial charge < -0.3 is 5.32 Å². The van der Waals surface area contributed by atoms with Crippen molar-refractivity contribution in [3.05, 3.63) is 35.4 Å². The van der Waals surface area contributed by atoms with Gasteiger partial charge in [-0.3, -0.25) is 9.69 Å². The molecule has 102 valence electrons. The number of thioether (sulfide) groups is 1. The van der Waals surface area contributed by atoms with Crippen molar-refractivity contribution >= 4 is 35.0 Å². The SMILES string of the molecule is CSCC[C@@H]1NC(=S)N(Cc2ccc(C)cc2)C1=O. The fraction of sp³-hybridized carbons (Fsp3) is 0.429. The molecule has 0 unspecified atom stereocenters. The van der Waals surface area contributed by atoms with Gasteiger partial charge in [0, 0.05) is 0 Å². The lowest BCUT2D eigenvalue weighted by Gasteiger charge is -2.15. The highest BCUT2D eigenvalue weighted by molar-refractivity contribution is 7.98. The van der Waals surface area contributed by atoms with Gasteiger partial charge in [-0.25, -0.2) is 0 Å². The van der Waals surface area contributed by atoms with Gasteiger partial charge in [-0.05, 0) is 43.1 Å². The lowest BCUT2D eigenvalue weighted by atomic mass is 10.1. The topological polar surface area (TPSA) is 32.3 Å². The summed E-state index contributed by atoms with van der Waals surface area (Å²) in [4.78, 5) is 13.9. The van der Waals surface area contributed by atoms with Crippen LogP contribution < -0.4 is 5.32 Å². The Labute approximate surface area is 123 Å². The van der Waals surface area contributed by atoms with Crippen molar-refractivity contribution in [3.8, 4) is 0 Å². The summed E-state index contributed by atoms with van der Waals surface area (Å²) in [5.74, 6) is 1.06. The molecule has 1 aromatic rings. The number of carbonyl (C=O) groups excluding carboxylic acids is 1. The van der Waals surface area contributed by atoms with E-state index in [-0.39, 0.29) is 11.9 Å². The Morgan fingerprint density at radius 3 is 2.68 bits per heavy atom. The molecule has 1 amide bonds. The van der Waals surface area contributed by atoms with Gasteiger partial charge in [-0.2, -0.15) is 11.8 Å². The van der Waals surface area contributed by atoms with E-state index in [1.165, 1.54) is 5.56 Å². The fourth-order valence-electron chi connectivity index (χ4n) is 2.03. The average molecular weight is 294 g/mol. The minimum absolute atomic E-state index is 0.0969. The molecule has 0 aliphatic carbocycles. The molecule has 1 heterocycles. The number of hydrogen-bond donors (Lipinski definition) is 1. The molecule has 1 fully saturated rings. The van der Waals surface area contributed by atoms with Crippen LogP contribution in [0, 0.1) is 6.92 Å². The first kappa shape index (κ1) is 14.3. The maximum Gasteiger partial charge on any atom is 0.251 e. The molecule has 0 spiro atoms. The first-order valence-electron chi connectivity index (χ1n) is 6.28. The largest absolute Gasteiger partial charge is 0.350 e. The average Bonchev–Trinajstić information content (AvgIpc) is 2.66. The molecular weight excluding hydrogens is 276 g/mol. The Morgan fingerprint density at radius 2 is 2.05 bits per heavy atom. The van der Waals surface area contributed by atoms with Gasteiger partial charge in [0.15, 0.2) is 5.11 Å². The van der Waals surface area contributed by atoms with Crippen molar-refractivity contribution in [2.75, 3.05) is 12.0 Å². The number of thiocarbonyl (C=S) groups is 1. The highest BCUT2D eigenvalue weighted by Crippen LogP contribution is 2.15. The van der Waals surface area contributed by atoms with E-state index in [2.05, 4.69) is 24.4 Å². The van der Waals surface area contributed by atoms with E-state index in [1.807, 2.05) is 18.4 Å². The van der Waals surface area contributed by atoms with E-state index >= 15 is 0 Å². The normalized spacial score (nSPS) is 18.8. The lowest BCUT2D eigenvalue weighted by Crippen LogP contribution is -2.31. The van der Waals surface area contributed by atoms with Crippen molar-refractivity contribution in [1.82, 2.24) is 10.2 Å². The van der Waals surface area contributed by atoms with E-state index in [0.717, 1.165) is 17.7 Å². The van der Waals surface area contributed by atoms with Crippen LogP contribution in [0.15, 0.2) is 24.3 Å². The summed E-state index contributed by atoms with van der Waals surface area (Å²) in [7, 11) is 0. The second kappa shape index (κ2) is 6.39. The molecule has 1 N–H and O–H groups in total. The zero-order valence-corrected chi connectivity index (χ0v) is 12.8. The molecule has 1 aliphatic rings. The van der Waals surface area contributed by atoms with E-state index in [1.54, 1.807) is 16.7 Å². The molecule has 1 atom stereocenters. The molecule has 0 radical (unpaired) electrons. The Kier molecular flexibility index (Phi) is 4.82. The number of hydrogen-bond acceptors (Lipinski definition) is 3. The van der Waals surface area contributed by atoms with Crippen LogP contribution in [0.4, 0.5) is 0 Å². The number of benzene rings is 1. The summed E-state index contributed by atoms with van der Waals surface area (Å²) < 4.78 is 0. The highest BCUT2D eigenvalue weighted by atomic mass is 32.2. The Balaban J connectivity index is 2.02. The van der Waals surface area contributed by atoms with Crippen LogP contribution in [0.2, 0.25) is 0 Å². The lowest BCUT2D eigenvalue weighted by molar-refractivity contribution is -0.127. The standard InChI is InChI=1S/C14H18N2OS2/c1-10-3-5-11(6-4-10)9-16-13(17)12(7-8-19-2)15-14(16)18/h3-6,12H,7-9H2,1-2H3,(H,15,18)/t12-/m0/s1. The van der Waals surface area contributed by atoms with E-state index < -0.39 is 0 Å². The maximum atomic E-state index is 12.3.